The predicted octanol–water partition coefficient (Wildman–Crippen LogP) is 3.95. The van der Waals surface area contributed by atoms with E-state index in [-0.39, 0.29) is 12.4 Å². The zero-order valence-corrected chi connectivity index (χ0v) is 20.7. The zero-order valence-electron chi connectivity index (χ0n) is 19.1. The third-order valence-corrected chi connectivity index (χ3v) is 11.0. The summed E-state index contributed by atoms with van der Waals surface area (Å²) in [5.41, 5.74) is 4.19. The zero-order chi connectivity index (χ0) is 22.0. The van der Waals surface area contributed by atoms with E-state index in [0.717, 1.165) is 6.16 Å². The lowest BCUT2D eigenvalue weighted by Gasteiger charge is -2.28. The lowest BCUT2D eigenvalue weighted by Crippen LogP contribution is -3.00. The lowest BCUT2D eigenvalue weighted by atomic mass is 9.97. The number of hydrogen-bond acceptors (Lipinski definition) is 0. The van der Waals surface area contributed by atoms with Gasteiger partial charge in [0.1, 0.15) is 23.2 Å². The Morgan fingerprint density at radius 2 is 0.909 bits per heavy atom. The molecule has 0 saturated carbocycles. The SMILES string of the molecule is Cc1cc(C[P+](c2ccccc2)(c2ccccc2)c2ccccc2)c2ccccc2c1C.[Cl-]. The maximum Gasteiger partial charge on any atom is 0.116 e. The average molecular weight is 467 g/mol. The largest absolute Gasteiger partial charge is 1.00 e. The van der Waals surface area contributed by atoms with Gasteiger partial charge in [-0.2, -0.15) is 0 Å². The van der Waals surface area contributed by atoms with Gasteiger partial charge in [-0.25, -0.2) is 0 Å². The molecule has 0 aliphatic carbocycles. The minimum absolute atomic E-state index is 0. The van der Waals surface area contributed by atoms with Crippen molar-refractivity contribution < 1.29 is 12.4 Å². The van der Waals surface area contributed by atoms with Crippen molar-refractivity contribution >= 4 is 33.9 Å². The second-order valence-corrected chi connectivity index (χ2v) is 12.0. The molecule has 0 N–H and O–H groups in total. The van der Waals surface area contributed by atoms with Crippen LogP contribution in [0.3, 0.4) is 0 Å². The number of fused-ring (bicyclic) bond motifs is 1. The molecule has 2 heteroatoms. The van der Waals surface area contributed by atoms with Crippen LogP contribution in [0, 0.1) is 13.8 Å². The summed E-state index contributed by atoms with van der Waals surface area (Å²) in [5, 5.41) is 7.04. The van der Waals surface area contributed by atoms with Gasteiger partial charge in [-0.05, 0) is 77.7 Å². The van der Waals surface area contributed by atoms with Crippen molar-refractivity contribution in [2.24, 2.45) is 0 Å². The molecule has 5 aromatic rings. The minimum atomic E-state index is -1.91. The van der Waals surface area contributed by atoms with Crippen LogP contribution in [0.25, 0.3) is 10.8 Å². The molecule has 0 unspecified atom stereocenters. The highest BCUT2D eigenvalue weighted by Crippen LogP contribution is 2.58. The minimum Gasteiger partial charge on any atom is -1.00 e. The molecule has 0 saturated heterocycles. The molecule has 0 bridgehead atoms. The molecule has 5 aromatic carbocycles. The number of benzene rings is 5. The molecule has 0 aromatic heterocycles. The van der Waals surface area contributed by atoms with Crippen LogP contribution in [0.1, 0.15) is 16.7 Å². The summed E-state index contributed by atoms with van der Waals surface area (Å²) in [6.45, 7) is 4.49. The fourth-order valence-electron chi connectivity index (χ4n) is 4.90. The lowest BCUT2D eigenvalue weighted by molar-refractivity contribution is -0.00000628. The standard InChI is InChI=1S/C31H28P.ClH/c1-24-22-26(31-21-13-12-20-30(31)25(24)2)23-32(27-14-6-3-7-15-27,28-16-8-4-9-17-28)29-18-10-5-11-19-29;/h3-22H,23H2,1-2H3;1H/q+1;/p-1. The Kier molecular flexibility index (Phi) is 6.99. The Morgan fingerprint density at radius 3 is 1.36 bits per heavy atom. The third-order valence-electron chi connectivity index (χ3n) is 6.66. The molecule has 33 heavy (non-hydrogen) atoms. The van der Waals surface area contributed by atoms with Crippen LogP contribution >= 0.6 is 7.26 Å². The van der Waals surface area contributed by atoms with Crippen molar-refractivity contribution in [1.29, 1.82) is 0 Å². The normalized spacial score (nSPS) is 11.2. The average Bonchev–Trinajstić information content (AvgIpc) is 2.87. The van der Waals surface area contributed by atoms with Crippen molar-refractivity contribution in [2.75, 3.05) is 0 Å². The molecular formula is C31H28ClP. The van der Waals surface area contributed by atoms with Gasteiger partial charge < -0.3 is 12.4 Å². The third kappa shape index (κ3) is 4.22. The van der Waals surface area contributed by atoms with E-state index >= 15 is 0 Å². The van der Waals surface area contributed by atoms with Crippen LogP contribution in [-0.4, -0.2) is 0 Å². The number of hydrogen-bond donors (Lipinski definition) is 0. The van der Waals surface area contributed by atoms with Crippen LogP contribution in [0.15, 0.2) is 121 Å². The van der Waals surface area contributed by atoms with Gasteiger partial charge in [0.15, 0.2) is 0 Å². The molecule has 0 heterocycles. The number of rotatable bonds is 5. The van der Waals surface area contributed by atoms with Crippen molar-refractivity contribution in [3.8, 4) is 0 Å². The molecule has 0 aliphatic heterocycles. The smallest absolute Gasteiger partial charge is 0.116 e. The monoisotopic (exact) mass is 466 g/mol. The van der Waals surface area contributed by atoms with Crippen LogP contribution in [-0.2, 0) is 6.16 Å². The molecule has 0 spiro atoms. The molecule has 0 aliphatic rings. The van der Waals surface area contributed by atoms with Crippen molar-refractivity contribution in [2.45, 2.75) is 20.0 Å². The highest BCUT2D eigenvalue weighted by atomic mass is 35.5. The van der Waals surface area contributed by atoms with Gasteiger partial charge in [-0.1, -0.05) is 84.9 Å². The molecule has 0 radical (unpaired) electrons. The van der Waals surface area contributed by atoms with Gasteiger partial charge in [0, 0.05) is 0 Å². The van der Waals surface area contributed by atoms with E-state index in [1.54, 1.807) is 0 Å². The first kappa shape index (κ1) is 23.2. The van der Waals surface area contributed by atoms with Crippen molar-refractivity contribution in [3.63, 3.8) is 0 Å². The van der Waals surface area contributed by atoms with Gasteiger partial charge in [0.05, 0.1) is 6.16 Å². The van der Waals surface area contributed by atoms with Gasteiger partial charge in [-0.3, -0.25) is 0 Å². The van der Waals surface area contributed by atoms with Crippen molar-refractivity contribution in [1.82, 2.24) is 0 Å². The Bertz CT molecular complexity index is 1250. The molecule has 0 nitrogen and oxygen atoms in total. The fraction of sp³-hybridized carbons (Fsp3) is 0.0968. The first-order chi connectivity index (χ1) is 15.7. The van der Waals surface area contributed by atoms with Gasteiger partial charge in [0.2, 0.25) is 0 Å². The maximum absolute atomic E-state index is 2.43. The van der Waals surface area contributed by atoms with E-state index in [1.807, 2.05) is 0 Å². The Labute approximate surface area is 204 Å². The summed E-state index contributed by atoms with van der Waals surface area (Å²) in [6.07, 6.45) is 1.01. The molecular weight excluding hydrogens is 439 g/mol. The summed E-state index contributed by atoms with van der Waals surface area (Å²) in [7, 11) is -1.91. The van der Waals surface area contributed by atoms with E-state index in [2.05, 4.69) is 135 Å². The van der Waals surface area contributed by atoms with Gasteiger partial charge in [-0.15, -0.1) is 0 Å². The van der Waals surface area contributed by atoms with Crippen molar-refractivity contribution in [3.05, 3.63) is 138 Å². The molecule has 164 valence electrons. The second-order valence-electron chi connectivity index (χ2n) is 8.50. The van der Waals surface area contributed by atoms with E-state index in [9.17, 15) is 0 Å². The summed E-state index contributed by atoms with van der Waals surface area (Å²) in [6, 6.07) is 44.8. The maximum atomic E-state index is 2.43. The number of aryl methyl sites for hydroxylation is 2. The fourth-order valence-corrected chi connectivity index (χ4v) is 9.16. The van der Waals surface area contributed by atoms with Crippen LogP contribution in [0.5, 0.6) is 0 Å². The molecule has 0 atom stereocenters. The molecule has 0 amide bonds. The van der Waals surface area contributed by atoms with Gasteiger partial charge in [0.25, 0.3) is 0 Å². The summed E-state index contributed by atoms with van der Waals surface area (Å²) >= 11 is 0. The highest BCUT2D eigenvalue weighted by molar-refractivity contribution is 7.95. The van der Waals surface area contributed by atoms with E-state index in [0.29, 0.717) is 0 Å². The first-order valence-corrected chi connectivity index (χ1v) is 13.2. The van der Waals surface area contributed by atoms with E-state index < -0.39 is 7.26 Å². The van der Waals surface area contributed by atoms with E-state index in [4.69, 9.17) is 0 Å². The van der Waals surface area contributed by atoms with Gasteiger partial charge >= 0.3 is 0 Å². The quantitative estimate of drug-likeness (QED) is 0.344. The first-order valence-electron chi connectivity index (χ1n) is 11.2. The topological polar surface area (TPSA) is 0 Å². The summed E-state index contributed by atoms with van der Waals surface area (Å²) in [5.74, 6) is 0. The second kappa shape index (κ2) is 9.92. The van der Waals surface area contributed by atoms with Crippen LogP contribution in [0.2, 0.25) is 0 Å². The Hall–Kier alpha value is -2.92. The van der Waals surface area contributed by atoms with Crippen LogP contribution < -0.4 is 28.3 Å². The molecule has 0 fully saturated rings. The number of halogens is 1. The Morgan fingerprint density at radius 1 is 0.515 bits per heavy atom. The highest BCUT2D eigenvalue weighted by Gasteiger charge is 2.45. The molecule has 5 rings (SSSR count). The van der Waals surface area contributed by atoms with Crippen LogP contribution in [0.4, 0.5) is 0 Å². The summed E-state index contributed by atoms with van der Waals surface area (Å²) < 4.78 is 0. The predicted molar refractivity (Wildman–Crippen MR) is 142 cm³/mol. The Balaban J connectivity index is 0.00000259. The summed E-state index contributed by atoms with van der Waals surface area (Å²) in [4.78, 5) is 0. The van der Waals surface area contributed by atoms with E-state index in [1.165, 1.54) is 43.4 Å².